The van der Waals surface area contributed by atoms with Crippen LogP contribution in [0.4, 0.5) is 5.69 Å². The van der Waals surface area contributed by atoms with E-state index >= 15 is 0 Å². The average Bonchev–Trinajstić information content (AvgIpc) is 3.98. The molecule has 80 heavy (non-hydrogen) atoms. The SMILES string of the molecule is CC[C@H](C)[C@H](N)C(=O)N[C@@H](CCCCN)C(=O)N1CCN(c2ccc3ncn(CC(=O)N[C@@H](CCCN=C(N)N)C(=O)N[C@@H](Cc4ncc[nH]4)C(=O)N[C@H](Cc4ccc(O)cc4)C(=O)N[C@@H](CC(C)C)C(=O)NC)c(=O)c3c2)CC1. The molecule has 436 valence electrons. The van der Waals surface area contributed by atoms with E-state index < -0.39 is 77.9 Å². The molecule has 0 bridgehead atoms. The van der Waals surface area contributed by atoms with Crippen LogP contribution in [0.5, 0.6) is 5.75 Å². The first kappa shape index (κ1) is 62.7. The van der Waals surface area contributed by atoms with Crippen molar-refractivity contribution in [3.05, 3.63) is 82.9 Å². The number of piperazine rings is 1. The van der Waals surface area contributed by atoms with E-state index in [1.165, 1.54) is 37.9 Å². The first-order chi connectivity index (χ1) is 38.2. The number of carbonyl (C=O) groups excluding carboxylic acids is 7. The van der Waals surface area contributed by atoms with Gasteiger partial charge < -0.3 is 74.7 Å². The second kappa shape index (κ2) is 30.9. The minimum atomic E-state index is -1.38. The molecule has 7 amide bonds. The standard InChI is InChI=1S/C54H81N17O9/c1-6-33(4)46(56)51(78)65-40(10-7-8-18-55)53(80)70-24-22-69(23-25-70)35-14-17-38-37(28-35)52(79)71(31-63-38)30-45(73)64-39(11-9-19-62-54(57)58)48(75)68-43(29-44-60-20-21-61-44)50(77)67-42(27-34-12-15-36(72)16-13-34)49(76)66-41(26-32(2)3)47(74)59-5/h12-17,20-21,28,31-33,39-43,46,72H,6-11,18-19,22-27,29-30,55-56H2,1-5H3,(H,59,74)(H,60,61)(H,64,73)(H,65,78)(H,66,76)(H,67,77)(H,68,75)(H4,57,58,62)/t33-,39-,40-,41-,42+,43-,46-/m0/s1. The average molecular weight is 1110 g/mol. The number of nitrogens with zero attached hydrogens (tertiary/aromatic N) is 6. The third-order valence-electron chi connectivity index (χ3n) is 14.0. The van der Waals surface area contributed by atoms with E-state index in [1.54, 1.807) is 29.2 Å². The van der Waals surface area contributed by atoms with Crippen molar-refractivity contribution in [1.29, 1.82) is 0 Å². The molecule has 1 saturated heterocycles. The van der Waals surface area contributed by atoms with Crippen molar-refractivity contribution in [1.82, 2.24) is 56.3 Å². The van der Waals surface area contributed by atoms with E-state index in [4.69, 9.17) is 22.9 Å². The van der Waals surface area contributed by atoms with Crippen LogP contribution in [0.25, 0.3) is 10.9 Å². The van der Waals surface area contributed by atoms with Gasteiger partial charge in [-0.15, -0.1) is 0 Å². The Morgan fingerprint density at radius 2 is 1.40 bits per heavy atom. The Kier molecular flexibility index (Phi) is 24.2. The van der Waals surface area contributed by atoms with Crippen LogP contribution < -0.4 is 65.3 Å². The number of guanidine groups is 1. The van der Waals surface area contributed by atoms with Gasteiger partial charge in [0, 0.05) is 70.7 Å². The topological polar surface area (TPSA) is 398 Å². The number of aromatic nitrogens is 4. The molecule has 0 spiro atoms. The minimum absolute atomic E-state index is 0.0156. The molecule has 0 aliphatic carbocycles. The molecular formula is C54H81N17O9. The van der Waals surface area contributed by atoms with Crippen molar-refractivity contribution in [2.75, 3.05) is 51.2 Å². The van der Waals surface area contributed by atoms with Gasteiger partial charge in [0.2, 0.25) is 41.4 Å². The lowest BCUT2D eigenvalue weighted by atomic mass is 9.98. The van der Waals surface area contributed by atoms with Gasteiger partial charge in [-0.05, 0) is 92.8 Å². The number of hydrogen-bond acceptors (Lipinski definition) is 15. The van der Waals surface area contributed by atoms with Crippen molar-refractivity contribution < 1.29 is 38.7 Å². The summed E-state index contributed by atoms with van der Waals surface area (Å²) in [6, 6.07) is 4.82. The number of unbranched alkanes of at least 4 members (excludes halogenated alkanes) is 1. The van der Waals surface area contributed by atoms with Crippen molar-refractivity contribution in [2.45, 2.75) is 128 Å². The van der Waals surface area contributed by atoms with Crippen molar-refractivity contribution in [3.8, 4) is 5.75 Å². The van der Waals surface area contributed by atoms with Crippen molar-refractivity contribution >= 4 is 63.9 Å². The van der Waals surface area contributed by atoms with Crippen LogP contribution in [0.1, 0.15) is 84.0 Å². The molecule has 2 aromatic heterocycles. The van der Waals surface area contributed by atoms with Gasteiger partial charge in [0.15, 0.2) is 5.96 Å². The molecule has 0 unspecified atom stereocenters. The van der Waals surface area contributed by atoms with Gasteiger partial charge in [-0.25, -0.2) is 9.97 Å². The lowest BCUT2D eigenvalue weighted by Gasteiger charge is -2.38. The molecule has 3 heterocycles. The van der Waals surface area contributed by atoms with Crippen LogP contribution in [0.3, 0.4) is 0 Å². The predicted octanol–water partition coefficient (Wildman–Crippen LogP) is -1.27. The number of H-pyrrole nitrogens is 1. The molecule has 4 aromatic rings. The Morgan fingerprint density at radius 3 is 2.01 bits per heavy atom. The summed E-state index contributed by atoms with van der Waals surface area (Å²) in [5, 5.41) is 26.6. The summed E-state index contributed by atoms with van der Waals surface area (Å²) in [5.41, 5.74) is 24.1. The summed E-state index contributed by atoms with van der Waals surface area (Å²) in [4.78, 5) is 130. The maximum absolute atomic E-state index is 14.4. The quantitative estimate of drug-likeness (QED) is 0.0165. The molecule has 1 fully saturated rings. The number of benzene rings is 2. The fourth-order valence-electron chi connectivity index (χ4n) is 9.14. The molecular weight excluding hydrogens is 1030 g/mol. The first-order valence-corrected chi connectivity index (χ1v) is 27.2. The zero-order chi connectivity index (χ0) is 58.5. The summed E-state index contributed by atoms with van der Waals surface area (Å²) < 4.78 is 1.11. The predicted molar refractivity (Wildman–Crippen MR) is 302 cm³/mol. The Bertz CT molecular complexity index is 2800. The third kappa shape index (κ3) is 18.8. The number of carbonyl (C=O) groups is 7. The third-order valence-corrected chi connectivity index (χ3v) is 14.0. The molecule has 0 radical (unpaired) electrons. The monoisotopic (exact) mass is 1110 g/mol. The molecule has 7 atom stereocenters. The second-order valence-corrected chi connectivity index (χ2v) is 20.6. The molecule has 2 aromatic carbocycles. The van der Waals surface area contributed by atoms with Gasteiger partial charge in [-0.3, -0.25) is 47.9 Å². The summed E-state index contributed by atoms with van der Waals surface area (Å²) >= 11 is 0. The zero-order valence-electron chi connectivity index (χ0n) is 46.4. The highest BCUT2D eigenvalue weighted by Gasteiger charge is 2.34. The number of anilines is 1. The van der Waals surface area contributed by atoms with E-state index in [2.05, 4.69) is 51.8 Å². The highest BCUT2D eigenvalue weighted by Crippen LogP contribution is 2.22. The Labute approximate surface area is 465 Å². The van der Waals surface area contributed by atoms with Crippen LogP contribution in [-0.4, -0.2) is 159 Å². The van der Waals surface area contributed by atoms with Crippen LogP contribution in [-0.2, 0) is 52.9 Å². The molecule has 0 saturated carbocycles. The fraction of sp³-hybridized carbons (Fsp3) is 0.537. The number of aromatic hydroxyl groups is 1. The molecule has 1 aliphatic rings. The summed E-state index contributed by atoms with van der Waals surface area (Å²) in [5.74, 6) is -3.96. The number of aromatic amines is 1. The van der Waals surface area contributed by atoms with Crippen molar-refractivity contribution in [3.63, 3.8) is 0 Å². The number of aliphatic imine (C=N–C) groups is 1. The Morgan fingerprint density at radius 1 is 0.762 bits per heavy atom. The van der Waals surface area contributed by atoms with Crippen LogP contribution in [0.15, 0.2) is 71.0 Å². The zero-order valence-corrected chi connectivity index (χ0v) is 46.4. The van der Waals surface area contributed by atoms with Gasteiger partial charge >= 0.3 is 0 Å². The minimum Gasteiger partial charge on any atom is -0.508 e. The Balaban J connectivity index is 1.32. The second-order valence-electron chi connectivity index (χ2n) is 20.6. The number of amides is 7. The number of nitrogens with two attached hydrogens (primary N) is 4. The summed E-state index contributed by atoms with van der Waals surface area (Å²) in [7, 11) is 1.45. The number of rotatable bonds is 30. The maximum atomic E-state index is 14.4. The maximum Gasteiger partial charge on any atom is 0.261 e. The summed E-state index contributed by atoms with van der Waals surface area (Å²) in [6.07, 6.45) is 6.94. The lowest BCUT2D eigenvalue weighted by Crippen LogP contribution is -2.59. The highest BCUT2D eigenvalue weighted by molar-refractivity contribution is 5.96. The number of phenols is 1. The fourth-order valence-corrected chi connectivity index (χ4v) is 9.14. The van der Waals surface area contributed by atoms with Gasteiger partial charge in [-0.1, -0.05) is 46.2 Å². The van der Waals surface area contributed by atoms with E-state index in [0.29, 0.717) is 87.4 Å². The van der Waals surface area contributed by atoms with Crippen LogP contribution >= 0.6 is 0 Å². The number of hydrogen-bond donors (Lipinski definition) is 12. The molecule has 16 N–H and O–H groups in total. The molecule has 5 rings (SSSR count). The van der Waals surface area contributed by atoms with Gasteiger partial charge in [0.25, 0.3) is 5.56 Å². The first-order valence-electron chi connectivity index (χ1n) is 27.2. The molecule has 26 heteroatoms. The largest absolute Gasteiger partial charge is 0.508 e. The number of likely N-dealkylation sites (N-methyl/N-ethyl adjacent to an activating group) is 1. The van der Waals surface area contributed by atoms with Gasteiger partial charge in [0.1, 0.15) is 48.3 Å². The van der Waals surface area contributed by atoms with Crippen LogP contribution in [0.2, 0.25) is 0 Å². The number of nitrogens with one attached hydrogen (secondary N) is 7. The van der Waals surface area contributed by atoms with E-state index in [0.717, 1.165) is 4.57 Å². The van der Waals surface area contributed by atoms with E-state index in [9.17, 15) is 43.5 Å². The number of imidazole rings is 1. The van der Waals surface area contributed by atoms with Crippen molar-refractivity contribution in [2.24, 2.45) is 39.8 Å². The highest BCUT2D eigenvalue weighted by atomic mass is 16.3. The summed E-state index contributed by atoms with van der Waals surface area (Å²) in [6.45, 7) is 9.18. The van der Waals surface area contributed by atoms with Crippen LogP contribution in [0, 0.1) is 11.8 Å². The molecule has 26 nitrogen and oxygen atoms in total. The Hall–Kier alpha value is -8.13. The van der Waals surface area contributed by atoms with Gasteiger partial charge in [0.05, 0.1) is 23.3 Å². The number of phenolic OH excluding ortho intramolecular Hbond substituents is 1. The lowest BCUT2D eigenvalue weighted by molar-refractivity contribution is -0.137. The van der Waals surface area contributed by atoms with E-state index in [1.807, 2.05) is 38.7 Å². The normalized spacial score (nSPS) is 15.1. The smallest absolute Gasteiger partial charge is 0.261 e. The van der Waals surface area contributed by atoms with E-state index in [-0.39, 0.29) is 73.0 Å². The number of fused-ring (bicyclic) bond motifs is 1. The van der Waals surface area contributed by atoms with Gasteiger partial charge in [-0.2, -0.15) is 0 Å². The molecule has 1 aliphatic heterocycles.